The van der Waals surface area contributed by atoms with Crippen LogP contribution < -0.4 is 10.6 Å². The normalized spacial score (nSPS) is 12.1. The number of aryl methyl sites for hydroxylation is 3. The minimum absolute atomic E-state index is 0.0254. The predicted molar refractivity (Wildman–Crippen MR) is 108 cm³/mol. The number of nitrogens with zero attached hydrogens (tertiary/aromatic N) is 1. The number of anilines is 1. The molecule has 140 valence electrons. The van der Waals surface area contributed by atoms with Gasteiger partial charge in [0.25, 0.3) is 0 Å². The first-order chi connectivity index (χ1) is 12.3. The van der Waals surface area contributed by atoms with Crippen LogP contribution in [0.2, 0.25) is 0 Å². The Bertz CT molecular complexity index is 748. The van der Waals surface area contributed by atoms with Gasteiger partial charge in [-0.1, -0.05) is 23.8 Å². The first kappa shape index (κ1) is 20.1. The van der Waals surface area contributed by atoms with E-state index >= 15 is 0 Å². The van der Waals surface area contributed by atoms with Crippen molar-refractivity contribution in [3.8, 4) is 0 Å². The van der Waals surface area contributed by atoms with E-state index in [9.17, 15) is 9.59 Å². The second kappa shape index (κ2) is 8.96. The molecular weight excluding hydrogens is 346 g/mol. The third kappa shape index (κ3) is 5.68. The van der Waals surface area contributed by atoms with E-state index in [1.54, 1.807) is 23.3 Å². The lowest BCUT2D eigenvalue weighted by molar-refractivity contribution is -0.123. The first-order valence-electron chi connectivity index (χ1n) is 8.65. The number of likely N-dealkylation sites (N-methyl/N-ethyl adjacent to an activating group) is 1. The summed E-state index contributed by atoms with van der Waals surface area (Å²) in [6.45, 7) is 8.30. The zero-order valence-corrected chi connectivity index (χ0v) is 16.9. The molecule has 0 aliphatic carbocycles. The number of hydrogen-bond donors (Lipinski definition) is 2. The van der Waals surface area contributed by atoms with Crippen LogP contribution in [0.1, 0.15) is 34.5 Å². The van der Waals surface area contributed by atoms with Crippen molar-refractivity contribution in [3.63, 3.8) is 0 Å². The van der Waals surface area contributed by atoms with Crippen molar-refractivity contribution >= 4 is 28.8 Å². The first-order valence-corrected chi connectivity index (χ1v) is 9.53. The topological polar surface area (TPSA) is 61.4 Å². The summed E-state index contributed by atoms with van der Waals surface area (Å²) in [6, 6.07) is 8.03. The van der Waals surface area contributed by atoms with Crippen LogP contribution in [0.25, 0.3) is 0 Å². The Hall–Kier alpha value is -2.18. The largest absolute Gasteiger partial charge is 0.348 e. The molecule has 5 nitrogen and oxygen atoms in total. The quantitative estimate of drug-likeness (QED) is 0.782. The van der Waals surface area contributed by atoms with Crippen molar-refractivity contribution in [3.05, 3.63) is 51.2 Å². The van der Waals surface area contributed by atoms with Crippen LogP contribution in [0.3, 0.4) is 0 Å². The summed E-state index contributed by atoms with van der Waals surface area (Å²) in [5, 5.41) is 7.91. The summed E-state index contributed by atoms with van der Waals surface area (Å²) in [6.07, 6.45) is 0. The SMILES string of the molecule is Cc1cc(C)c(NC(=O)CN(C)CC(=O)N[C@@H](C)c2cccs2)c(C)c1. The number of nitrogens with one attached hydrogen (secondary N) is 2. The highest BCUT2D eigenvalue weighted by Gasteiger charge is 2.15. The van der Waals surface area contributed by atoms with Crippen LogP contribution in [-0.2, 0) is 9.59 Å². The molecule has 2 N–H and O–H groups in total. The second-order valence-corrected chi connectivity index (χ2v) is 7.78. The van der Waals surface area contributed by atoms with Gasteiger partial charge in [-0.25, -0.2) is 0 Å². The van der Waals surface area contributed by atoms with E-state index in [4.69, 9.17) is 0 Å². The minimum Gasteiger partial charge on any atom is -0.348 e. The van der Waals surface area contributed by atoms with Gasteiger partial charge in [-0.2, -0.15) is 0 Å². The fraction of sp³-hybridized carbons (Fsp3) is 0.400. The van der Waals surface area contributed by atoms with Crippen molar-refractivity contribution in [1.29, 1.82) is 0 Å². The van der Waals surface area contributed by atoms with Gasteiger partial charge < -0.3 is 10.6 Å². The van der Waals surface area contributed by atoms with Gasteiger partial charge in [0.2, 0.25) is 11.8 Å². The summed E-state index contributed by atoms with van der Waals surface area (Å²) in [4.78, 5) is 27.3. The molecule has 0 bridgehead atoms. The fourth-order valence-electron chi connectivity index (χ4n) is 3.00. The molecule has 0 saturated carbocycles. The molecule has 0 fully saturated rings. The van der Waals surface area contributed by atoms with E-state index in [2.05, 4.69) is 10.6 Å². The van der Waals surface area contributed by atoms with E-state index in [0.29, 0.717) is 0 Å². The van der Waals surface area contributed by atoms with Gasteiger partial charge in [0.15, 0.2) is 0 Å². The molecule has 6 heteroatoms. The third-order valence-electron chi connectivity index (χ3n) is 4.12. The molecule has 26 heavy (non-hydrogen) atoms. The zero-order chi connectivity index (χ0) is 19.3. The van der Waals surface area contributed by atoms with Gasteiger partial charge in [-0.05, 0) is 57.3 Å². The summed E-state index contributed by atoms with van der Waals surface area (Å²) in [7, 11) is 1.77. The molecule has 1 aromatic heterocycles. The van der Waals surface area contributed by atoms with Gasteiger partial charge >= 0.3 is 0 Å². The van der Waals surface area contributed by atoms with Crippen molar-refractivity contribution in [2.45, 2.75) is 33.7 Å². The second-order valence-electron chi connectivity index (χ2n) is 6.80. The zero-order valence-electron chi connectivity index (χ0n) is 16.1. The lowest BCUT2D eigenvalue weighted by Crippen LogP contribution is -2.39. The molecule has 2 aromatic rings. The average Bonchev–Trinajstić information content (AvgIpc) is 3.04. The molecule has 0 aliphatic heterocycles. The highest BCUT2D eigenvalue weighted by Crippen LogP contribution is 2.22. The van der Waals surface area contributed by atoms with Crippen LogP contribution in [-0.4, -0.2) is 36.9 Å². The van der Waals surface area contributed by atoms with Crippen molar-refractivity contribution < 1.29 is 9.59 Å². The molecule has 1 atom stereocenters. The standard InChI is InChI=1S/C20H27N3O2S/c1-13-9-14(2)20(15(3)10-13)22-19(25)12-23(5)11-18(24)21-16(4)17-7-6-8-26-17/h6-10,16H,11-12H2,1-5H3,(H,21,24)(H,22,25)/t16-/m0/s1. The average molecular weight is 374 g/mol. The molecule has 2 rings (SSSR count). The smallest absolute Gasteiger partial charge is 0.238 e. The molecule has 0 unspecified atom stereocenters. The lowest BCUT2D eigenvalue weighted by atomic mass is 10.1. The van der Waals surface area contributed by atoms with Crippen LogP contribution in [0.5, 0.6) is 0 Å². The van der Waals surface area contributed by atoms with Gasteiger partial charge in [0.1, 0.15) is 0 Å². The van der Waals surface area contributed by atoms with E-state index in [1.165, 1.54) is 5.56 Å². The lowest BCUT2D eigenvalue weighted by Gasteiger charge is -2.19. The molecule has 1 aromatic carbocycles. The Labute approximate surface area is 159 Å². The van der Waals surface area contributed by atoms with Crippen LogP contribution >= 0.6 is 11.3 Å². The Morgan fingerprint density at radius 3 is 2.31 bits per heavy atom. The number of thiophene rings is 1. The highest BCUT2D eigenvalue weighted by atomic mass is 32.1. The number of benzene rings is 1. The van der Waals surface area contributed by atoms with Gasteiger partial charge in [0, 0.05) is 10.6 Å². The number of carbonyl (C=O) groups is 2. The van der Waals surface area contributed by atoms with Crippen LogP contribution in [0.4, 0.5) is 5.69 Å². The van der Waals surface area contributed by atoms with Gasteiger partial charge in [-0.3, -0.25) is 14.5 Å². The summed E-state index contributed by atoms with van der Waals surface area (Å²) in [5.74, 6) is -0.217. The monoisotopic (exact) mass is 373 g/mol. The molecule has 1 heterocycles. The maximum atomic E-state index is 12.3. The Morgan fingerprint density at radius 2 is 1.73 bits per heavy atom. The maximum absolute atomic E-state index is 12.3. The van der Waals surface area contributed by atoms with E-state index < -0.39 is 0 Å². The Kier molecular flexibility index (Phi) is 6.94. The van der Waals surface area contributed by atoms with Gasteiger partial charge in [0.05, 0.1) is 19.1 Å². The summed E-state index contributed by atoms with van der Waals surface area (Å²) in [5.41, 5.74) is 4.11. The molecule has 0 spiro atoms. The Balaban J connectivity index is 1.84. The van der Waals surface area contributed by atoms with Crippen molar-refractivity contribution in [2.75, 3.05) is 25.5 Å². The van der Waals surface area contributed by atoms with E-state index in [-0.39, 0.29) is 30.9 Å². The number of carbonyl (C=O) groups excluding carboxylic acids is 2. The third-order valence-corrected chi connectivity index (χ3v) is 5.17. The maximum Gasteiger partial charge on any atom is 0.238 e. The number of rotatable bonds is 7. The van der Waals surface area contributed by atoms with Crippen molar-refractivity contribution in [1.82, 2.24) is 10.2 Å². The minimum atomic E-state index is -0.123. The van der Waals surface area contributed by atoms with Crippen LogP contribution in [0.15, 0.2) is 29.6 Å². The van der Waals surface area contributed by atoms with Gasteiger partial charge in [-0.15, -0.1) is 11.3 Å². The number of hydrogen-bond acceptors (Lipinski definition) is 4. The molecule has 2 amide bonds. The summed E-state index contributed by atoms with van der Waals surface area (Å²) < 4.78 is 0. The van der Waals surface area contributed by atoms with Crippen LogP contribution in [0, 0.1) is 20.8 Å². The summed E-state index contributed by atoms with van der Waals surface area (Å²) >= 11 is 1.61. The predicted octanol–water partition coefficient (Wildman–Crippen LogP) is 3.42. The molecule has 0 aliphatic rings. The van der Waals surface area contributed by atoms with E-state index in [0.717, 1.165) is 21.7 Å². The fourth-order valence-corrected chi connectivity index (χ4v) is 3.73. The molecule has 0 radical (unpaired) electrons. The number of amides is 2. The Morgan fingerprint density at radius 1 is 1.12 bits per heavy atom. The van der Waals surface area contributed by atoms with E-state index in [1.807, 2.05) is 57.3 Å². The molecular formula is C20H27N3O2S. The molecule has 0 saturated heterocycles. The van der Waals surface area contributed by atoms with Crippen molar-refractivity contribution in [2.24, 2.45) is 0 Å². The highest BCUT2D eigenvalue weighted by molar-refractivity contribution is 7.10.